The van der Waals surface area contributed by atoms with Gasteiger partial charge in [-0.2, -0.15) is 0 Å². The van der Waals surface area contributed by atoms with Gasteiger partial charge in [0, 0.05) is 21.9 Å². The van der Waals surface area contributed by atoms with Crippen molar-refractivity contribution in [2.24, 2.45) is 0 Å². The van der Waals surface area contributed by atoms with Gasteiger partial charge in [-0.05, 0) is 69.7 Å². The zero-order valence-corrected chi connectivity index (χ0v) is 24.6. The molecular weight excluding hydrogens is 455 g/mol. The zero-order valence-electron chi connectivity index (χ0n) is 24.6. The molecule has 0 saturated carbocycles. The number of benzene rings is 2. The summed E-state index contributed by atoms with van der Waals surface area (Å²) in [6.45, 7) is 24.2. The molecule has 1 atom stereocenters. The van der Waals surface area contributed by atoms with Crippen molar-refractivity contribution in [3.8, 4) is 0 Å². The Morgan fingerprint density at radius 2 is 1.76 bits per heavy atom. The van der Waals surface area contributed by atoms with Gasteiger partial charge < -0.3 is 0 Å². The molecule has 2 nitrogen and oxygen atoms in total. The van der Waals surface area contributed by atoms with Crippen molar-refractivity contribution >= 4 is 32.9 Å². The summed E-state index contributed by atoms with van der Waals surface area (Å²) in [5.41, 5.74) is 6.45. The fraction of sp³-hybridized carbons (Fsp3) is 0.382. The summed E-state index contributed by atoms with van der Waals surface area (Å²) in [5, 5.41) is 3.04. The van der Waals surface area contributed by atoms with Gasteiger partial charge in [-0.1, -0.05) is 89.6 Å². The largest absolute Gasteiger partial charge is 0.292 e. The standard InChI is InChI=1S/C30H33FN2.2C2H6/c1-8-11-21(6)27(19(3)4)26-18-32-29-28-22(12-10-13-24(28)30(7,31)16-9-2)23-17-20(5)14-15-25(23)33(26)29;2*1-2/h8,10-15,17-18H,3,9,16H2,1-2,4-7H3;2*1-2H3/b11-8-,27-21+;;. The first-order chi connectivity index (χ1) is 17.7. The van der Waals surface area contributed by atoms with Gasteiger partial charge in [0.1, 0.15) is 11.3 Å². The molecule has 0 amide bonds. The molecule has 3 heteroatoms. The Bertz CT molecular complexity index is 1450. The molecule has 2 aromatic carbocycles. The van der Waals surface area contributed by atoms with Crippen LogP contribution in [0, 0.1) is 6.92 Å². The molecule has 0 aliphatic carbocycles. The summed E-state index contributed by atoms with van der Waals surface area (Å²) in [6.07, 6.45) is 7.29. The predicted molar refractivity (Wildman–Crippen MR) is 163 cm³/mol. The first kappa shape index (κ1) is 30.0. The third kappa shape index (κ3) is 5.71. The second kappa shape index (κ2) is 12.9. The van der Waals surface area contributed by atoms with E-state index in [0.717, 1.165) is 56.2 Å². The van der Waals surface area contributed by atoms with E-state index in [0.29, 0.717) is 12.0 Å². The highest BCUT2D eigenvalue weighted by molar-refractivity contribution is 6.14. The van der Waals surface area contributed by atoms with E-state index in [1.807, 2.05) is 72.9 Å². The summed E-state index contributed by atoms with van der Waals surface area (Å²) in [6, 6.07) is 12.5. The molecule has 0 bridgehead atoms. The lowest BCUT2D eigenvalue weighted by Crippen LogP contribution is -2.15. The van der Waals surface area contributed by atoms with Gasteiger partial charge >= 0.3 is 0 Å². The summed E-state index contributed by atoms with van der Waals surface area (Å²) < 4.78 is 18.2. The fourth-order valence-electron chi connectivity index (χ4n) is 5.16. The molecule has 2 heterocycles. The fourth-order valence-corrected chi connectivity index (χ4v) is 5.16. The van der Waals surface area contributed by atoms with Gasteiger partial charge in [-0.25, -0.2) is 9.37 Å². The highest BCUT2D eigenvalue weighted by Gasteiger charge is 2.29. The van der Waals surface area contributed by atoms with E-state index >= 15 is 4.39 Å². The van der Waals surface area contributed by atoms with Crippen LogP contribution in [0.25, 0.3) is 32.9 Å². The zero-order chi connectivity index (χ0) is 27.9. The molecule has 2 aromatic heterocycles. The third-order valence-corrected chi connectivity index (χ3v) is 6.51. The molecule has 1 unspecified atom stereocenters. The van der Waals surface area contributed by atoms with Crippen molar-refractivity contribution in [1.29, 1.82) is 0 Å². The molecule has 4 aromatic rings. The van der Waals surface area contributed by atoms with Gasteiger partial charge in [0.25, 0.3) is 0 Å². The Kier molecular flexibility index (Phi) is 10.4. The van der Waals surface area contributed by atoms with Crippen molar-refractivity contribution in [2.75, 3.05) is 0 Å². The van der Waals surface area contributed by atoms with Crippen LogP contribution in [-0.4, -0.2) is 9.38 Å². The average Bonchev–Trinajstić information content (AvgIpc) is 3.31. The van der Waals surface area contributed by atoms with Crippen LogP contribution in [-0.2, 0) is 5.67 Å². The topological polar surface area (TPSA) is 17.3 Å². The number of hydrogen-bond donors (Lipinski definition) is 0. The van der Waals surface area contributed by atoms with Crippen LogP contribution in [0.3, 0.4) is 0 Å². The lowest BCUT2D eigenvalue weighted by molar-refractivity contribution is 0.177. The summed E-state index contributed by atoms with van der Waals surface area (Å²) >= 11 is 0. The van der Waals surface area contributed by atoms with Crippen LogP contribution in [0.2, 0.25) is 0 Å². The smallest absolute Gasteiger partial charge is 0.146 e. The molecule has 4 rings (SSSR count). The highest BCUT2D eigenvalue weighted by atomic mass is 19.1. The number of rotatable bonds is 6. The number of allylic oxidation sites excluding steroid dienone is 5. The van der Waals surface area contributed by atoms with E-state index < -0.39 is 5.67 Å². The number of aryl methyl sites for hydroxylation is 1. The molecule has 198 valence electrons. The monoisotopic (exact) mass is 500 g/mol. The molecule has 0 aliphatic rings. The maximum atomic E-state index is 16.0. The minimum absolute atomic E-state index is 0.467. The maximum absolute atomic E-state index is 16.0. The number of nitrogens with zero attached hydrogens (tertiary/aromatic N) is 2. The molecule has 37 heavy (non-hydrogen) atoms. The number of imidazole rings is 1. The van der Waals surface area contributed by atoms with Gasteiger partial charge in [-0.3, -0.25) is 4.40 Å². The van der Waals surface area contributed by atoms with Crippen LogP contribution in [0.1, 0.15) is 92.0 Å². The van der Waals surface area contributed by atoms with Crippen molar-refractivity contribution in [3.63, 3.8) is 0 Å². The SMILES string of the molecule is C=C(C)/C(=C(C)\C=C/C)c1cnc2c3c(C(C)(F)CCC)cccc3c3cc(C)ccc3n12.CC.CC. The second-order valence-electron chi connectivity index (χ2n) is 9.34. The lowest BCUT2D eigenvalue weighted by Gasteiger charge is -2.23. The van der Waals surface area contributed by atoms with Crippen molar-refractivity contribution < 1.29 is 4.39 Å². The Morgan fingerprint density at radius 1 is 1.08 bits per heavy atom. The number of halogens is 1. The van der Waals surface area contributed by atoms with Crippen molar-refractivity contribution in [1.82, 2.24) is 9.38 Å². The summed E-state index contributed by atoms with van der Waals surface area (Å²) in [4.78, 5) is 4.90. The highest BCUT2D eigenvalue weighted by Crippen LogP contribution is 2.41. The average molecular weight is 501 g/mol. The summed E-state index contributed by atoms with van der Waals surface area (Å²) in [7, 11) is 0. The van der Waals surface area contributed by atoms with E-state index in [1.165, 1.54) is 5.56 Å². The van der Waals surface area contributed by atoms with E-state index in [4.69, 9.17) is 4.98 Å². The quantitative estimate of drug-likeness (QED) is 0.190. The molecule has 0 spiro atoms. The Hall–Kier alpha value is -3.20. The normalized spacial score (nSPS) is 13.6. The van der Waals surface area contributed by atoms with Crippen LogP contribution >= 0.6 is 0 Å². The predicted octanol–water partition coefficient (Wildman–Crippen LogP) is 10.9. The van der Waals surface area contributed by atoms with Crippen LogP contribution in [0.15, 0.2) is 72.5 Å². The van der Waals surface area contributed by atoms with E-state index in [9.17, 15) is 0 Å². The van der Waals surface area contributed by atoms with Gasteiger partial charge in [0.15, 0.2) is 0 Å². The van der Waals surface area contributed by atoms with Crippen LogP contribution in [0.5, 0.6) is 0 Å². The molecular formula is C34H45FN2. The van der Waals surface area contributed by atoms with E-state index in [-0.39, 0.29) is 0 Å². The molecule has 0 N–H and O–H groups in total. The minimum Gasteiger partial charge on any atom is -0.292 e. The third-order valence-electron chi connectivity index (χ3n) is 6.51. The first-order valence-electron chi connectivity index (χ1n) is 13.7. The second-order valence-corrected chi connectivity index (χ2v) is 9.34. The van der Waals surface area contributed by atoms with Crippen molar-refractivity contribution in [3.05, 3.63) is 89.3 Å². The van der Waals surface area contributed by atoms with Gasteiger partial charge in [0.05, 0.1) is 17.4 Å². The number of alkyl halides is 1. The molecule has 0 fully saturated rings. The van der Waals surface area contributed by atoms with Crippen molar-refractivity contribution in [2.45, 2.75) is 87.7 Å². The Balaban J connectivity index is 0.00000115. The van der Waals surface area contributed by atoms with Crippen LogP contribution in [0.4, 0.5) is 4.39 Å². The molecule has 0 saturated heterocycles. The van der Waals surface area contributed by atoms with Gasteiger partial charge in [0.2, 0.25) is 0 Å². The number of fused-ring (bicyclic) bond motifs is 6. The number of pyridine rings is 1. The Labute approximate surface area is 223 Å². The van der Waals surface area contributed by atoms with Crippen LogP contribution < -0.4 is 0 Å². The minimum atomic E-state index is -1.44. The lowest BCUT2D eigenvalue weighted by atomic mass is 9.88. The first-order valence-corrected chi connectivity index (χ1v) is 13.7. The van der Waals surface area contributed by atoms with Gasteiger partial charge in [-0.15, -0.1) is 0 Å². The summed E-state index contributed by atoms with van der Waals surface area (Å²) in [5.74, 6) is 0. The van der Waals surface area contributed by atoms with E-state index in [2.05, 4.69) is 55.2 Å². The number of aromatic nitrogens is 2. The molecule has 0 radical (unpaired) electrons. The Morgan fingerprint density at radius 3 is 2.35 bits per heavy atom. The molecule has 0 aliphatic heterocycles. The number of hydrogen-bond acceptors (Lipinski definition) is 1. The van der Waals surface area contributed by atoms with E-state index in [1.54, 1.807) is 6.92 Å². The maximum Gasteiger partial charge on any atom is 0.146 e.